The fraction of sp³-hybridized carbons (Fsp3) is 0.200. The minimum Gasteiger partial charge on any atom is -0.478 e. The first-order chi connectivity index (χ1) is 8.38. The number of hydrogen-bond acceptors (Lipinski definition) is 6. The van der Waals surface area contributed by atoms with Gasteiger partial charge in [-0.3, -0.25) is 10.1 Å². The van der Waals surface area contributed by atoms with Gasteiger partial charge in [-0.25, -0.2) is 4.79 Å². The Morgan fingerprint density at radius 2 is 2.06 bits per heavy atom. The Morgan fingerprint density at radius 3 is 2.50 bits per heavy atom. The molecule has 18 heavy (non-hydrogen) atoms. The summed E-state index contributed by atoms with van der Waals surface area (Å²) < 4.78 is 0. The Bertz CT molecular complexity index is 536. The van der Waals surface area contributed by atoms with E-state index in [-0.39, 0.29) is 5.56 Å². The zero-order valence-corrected chi connectivity index (χ0v) is 8.85. The summed E-state index contributed by atoms with van der Waals surface area (Å²) in [6.07, 6.45) is -3.70. The van der Waals surface area contributed by atoms with E-state index in [1.165, 1.54) is 6.07 Å². The molecular formula is C10H8N2O6. The lowest BCUT2D eigenvalue weighted by Crippen LogP contribution is -2.19. The van der Waals surface area contributed by atoms with Crippen molar-refractivity contribution in [1.29, 1.82) is 5.26 Å². The second-order valence-corrected chi connectivity index (χ2v) is 3.35. The number of non-ortho nitro benzene ring substituents is 1. The molecule has 0 fully saturated rings. The van der Waals surface area contributed by atoms with Crippen molar-refractivity contribution in [2.75, 3.05) is 0 Å². The second-order valence-electron chi connectivity index (χ2n) is 3.35. The highest BCUT2D eigenvalue weighted by Gasteiger charge is 2.25. The molecule has 0 aromatic heterocycles. The second kappa shape index (κ2) is 5.22. The lowest BCUT2D eigenvalue weighted by molar-refractivity contribution is -0.385. The third-order valence-electron chi connectivity index (χ3n) is 2.23. The van der Waals surface area contributed by atoms with E-state index in [0.717, 1.165) is 18.2 Å². The molecule has 2 atom stereocenters. The van der Waals surface area contributed by atoms with E-state index in [9.17, 15) is 20.0 Å². The maximum atomic E-state index is 10.9. The van der Waals surface area contributed by atoms with Crippen molar-refractivity contribution in [3.63, 3.8) is 0 Å². The summed E-state index contributed by atoms with van der Waals surface area (Å²) in [5, 5.41) is 46.5. The molecule has 1 rings (SSSR count). The lowest BCUT2D eigenvalue weighted by Gasteiger charge is -2.14. The highest BCUT2D eigenvalue weighted by atomic mass is 16.6. The monoisotopic (exact) mass is 252 g/mol. The molecule has 0 aliphatic heterocycles. The number of nitro benzene ring substituents is 1. The molecule has 8 nitrogen and oxygen atoms in total. The maximum absolute atomic E-state index is 10.9. The highest BCUT2D eigenvalue weighted by Crippen LogP contribution is 2.25. The van der Waals surface area contributed by atoms with Gasteiger partial charge in [0, 0.05) is 17.7 Å². The molecule has 0 aliphatic rings. The van der Waals surface area contributed by atoms with Crippen LogP contribution in [0.5, 0.6) is 0 Å². The SMILES string of the molecule is N#CC(O)C(O)c1cc([N+](=O)[O-])ccc1C(=O)O. The van der Waals surface area contributed by atoms with Crippen LogP contribution in [0.15, 0.2) is 18.2 Å². The first-order valence-corrected chi connectivity index (χ1v) is 4.66. The van der Waals surface area contributed by atoms with Crippen LogP contribution >= 0.6 is 0 Å². The van der Waals surface area contributed by atoms with Crippen molar-refractivity contribution in [3.8, 4) is 6.07 Å². The van der Waals surface area contributed by atoms with Crippen molar-refractivity contribution < 1.29 is 25.0 Å². The van der Waals surface area contributed by atoms with E-state index in [4.69, 9.17) is 15.5 Å². The molecule has 0 spiro atoms. The van der Waals surface area contributed by atoms with E-state index in [0.29, 0.717) is 0 Å². The summed E-state index contributed by atoms with van der Waals surface area (Å²) in [6.45, 7) is 0. The van der Waals surface area contributed by atoms with Crippen molar-refractivity contribution in [2.45, 2.75) is 12.2 Å². The smallest absolute Gasteiger partial charge is 0.336 e. The van der Waals surface area contributed by atoms with Crippen LogP contribution in [0, 0.1) is 21.4 Å². The van der Waals surface area contributed by atoms with Crippen LogP contribution in [0.1, 0.15) is 22.0 Å². The summed E-state index contributed by atoms with van der Waals surface area (Å²) in [5.41, 5.74) is -1.24. The summed E-state index contributed by atoms with van der Waals surface area (Å²) in [4.78, 5) is 20.6. The number of carbonyl (C=O) groups is 1. The van der Waals surface area contributed by atoms with Crippen LogP contribution in [-0.4, -0.2) is 32.3 Å². The van der Waals surface area contributed by atoms with E-state index >= 15 is 0 Å². The molecule has 0 saturated heterocycles. The Hall–Kier alpha value is -2.50. The van der Waals surface area contributed by atoms with Crippen LogP contribution in [-0.2, 0) is 0 Å². The quantitative estimate of drug-likeness (QED) is 0.394. The first kappa shape index (κ1) is 13.6. The van der Waals surface area contributed by atoms with Gasteiger partial charge in [-0.2, -0.15) is 5.26 Å². The van der Waals surface area contributed by atoms with Gasteiger partial charge in [0.1, 0.15) is 6.10 Å². The van der Waals surface area contributed by atoms with Crippen LogP contribution in [0.4, 0.5) is 5.69 Å². The fourth-order valence-electron chi connectivity index (χ4n) is 1.34. The van der Waals surface area contributed by atoms with Gasteiger partial charge in [0.15, 0.2) is 6.10 Å². The van der Waals surface area contributed by atoms with Crippen molar-refractivity contribution in [2.24, 2.45) is 0 Å². The molecule has 0 radical (unpaired) electrons. The summed E-state index contributed by atoms with van der Waals surface area (Å²) in [7, 11) is 0. The summed E-state index contributed by atoms with van der Waals surface area (Å²) >= 11 is 0. The number of carboxylic acids is 1. The first-order valence-electron chi connectivity index (χ1n) is 4.66. The number of nitrogens with zero attached hydrogens (tertiary/aromatic N) is 2. The van der Waals surface area contributed by atoms with Crippen LogP contribution in [0.3, 0.4) is 0 Å². The molecular weight excluding hydrogens is 244 g/mol. The molecule has 8 heteroatoms. The number of aliphatic hydroxyl groups is 2. The minimum absolute atomic E-state index is 0.384. The molecule has 0 amide bonds. The van der Waals surface area contributed by atoms with E-state index in [1.54, 1.807) is 0 Å². The minimum atomic E-state index is -1.87. The highest BCUT2D eigenvalue weighted by molar-refractivity contribution is 5.90. The molecule has 0 saturated carbocycles. The van der Waals surface area contributed by atoms with Gasteiger partial charge < -0.3 is 15.3 Å². The zero-order valence-electron chi connectivity index (χ0n) is 8.85. The third kappa shape index (κ3) is 2.60. The van der Waals surface area contributed by atoms with Gasteiger partial charge in [0.25, 0.3) is 5.69 Å². The summed E-state index contributed by atoms with van der Waals surface area (Å²) in [5.74, 6) is -1.43. The average molecular weight is 252 g/mol. The summed E-state index contributed by atoms with van der Waals surface area (Å²) in [6, 6.07) is 4.03. The number of carboxylic acid groups (broad SMARTS) is 1. The Balaban J connectivity index is 3.37. The van der Waals surface area contributed by atoms with E-state index in [1.807, 2.05) is 0 Å². The standard InChI is InChI=1S/C10H8N2O6/c11-4-8(13)9(14)7-3-5(12(17)18)1-2-6(7)10(15)16/h1-3,8-9,13-14H,(H,15,16). The van der Waals surface area contributed by atoms with Crippen molar-refractivity contribution in [1.82, 2.24) is 0 Å². The predicted molar refractivity (Wildman–Crippen MR) is 56.6 cm³/mol. The maximum Gasteiger partial charge on any atom is 0.336 e. The predicted octanol–water partition coefficient (Wildman–Crippen LogP) is 0.211. The molecule has 0 bridgehead atoms. The van der Waals surface area contributed by atoms with Gasteiger partial charge in [0.05, 0.1) is 16.6 Å². The van der Waals surface area contributed by atoms with Gasteiger partial charge in [-0.05, 0) is 6.07 Å². The number of benzene rings is 1. The molecule has 94 valence electrons. The zero-order chi connectivity index (χ0) is 13.9. The third-order valence-corrected chi connectivity index (χ3v) is 2.23. The lowest BCUT2D eigenvalue weighted by atomic mass is 9.98. The van der Waals surface area contributed by atoms with Gasteiger partial charge in [0.2, 0.25) is 0 Å². The van der Waals surface area contributed by atoms with Crippen molar-refractivity contribution >= 4 is 11.7 Å². The van der Waals surface area contributed by atoms with E-state index in [2.05, 4.69) is 0 Å². The van der Waals surface area contributed by atoms with Crippen molar-refractivity contribution in [3.05, 3.63) is 39.4 Å². The molecule has 1 aromatic carbocycles. The number of hydrogen-bond donors (Lipinski definition) is 3. The topological polar surface area (TPSA) is 145 Å². The van der Waals surface area contributed by atoms with E-state index < -0.39 is 34.4 Å². The largest absolute Gasteiger partial charge is 0.478 e. The Morgan fingerprint density at radius 1 is 1.44 bits per heavy atom. The fourth-order valence-corrected chi connectivity index (χ4v) is 1.34. The van der Waals surface area contributed by atoms with Crippen LogP contribution < -0.4 is 0 Å². The molecule has 1 aromatic rings. The number of nitro groups is 1. The van der Waals surface area contributed by atoms with Gasteiger partial charge in [-0.15, -0.1) is 0 Å². The average Bonchev–Trinajstić information content (AvgIpc) is 2.35. The molecule has 0 aliphatic carbocycles. The molecule has 0 heterocycles. The number of nitriles is 1. The Labute approximate surface area is 100 Å². The number of aliphatic hydroxyl groups excluding tert-OH is 2. The normalized spacial score (nSPS) is 13.4. The van der Waals surface area contributed by atoms with Crippen LogP contribution in [0.2, 0.25) is 0 Å². The molecule has 2 unspecified atom stereocenters. The number of aromatic carboxylic acids is 1. The Kier molecular flexibility index (Phi) is 3.93. The number of rotatable bonds is 4. The van der Waals surface area contributed by atoms with Gasteiger partial charge in [-0.1, -0.05) is 0 Å². The van der Waals surface area contributed by atoms with Crippen LogP contribution in [0.25, 0.3) is 0 Å². The molecule has 3 N–H and O–H groups in total. The van der Waals surface area contributed by atoms with Gasteiger partial charge >= 0.3 is 5.97 Å².